The van der Waals surface area contributed by atoms with Gasteiger partial charge in [-0.1, -0.05) is 34.1 Å². The van der Waals surface area contributed by atoms with E-state index in [1.54, 1.807) is 0 Å². The zero-order valence-electron chi connectivity index (χ0n) is 9.56. The van der Waals surface area contributed by atoms with Crippen LogP contribution in [0.2, 0.25) is 0 Å². The molecule has 1 saturated carbocycles. The molecule has 0 saturated heterocycles. The van der Waals surface area contributed by atoms with Gasteiger partial charge in [0, 0.05) is 0 Å². The summed E-state index contributed by atoms with van der Waals surface area (Å²) in [6.07, 6.45) is 5.35. The standard InChI is InChI=1S/C12H24O/c1-5-10(2)8-12(13)7-6-11(3,4)9-12/h10,13H,5-9H2,1-4H3. The Morgan fingerprint density at radius 1 is 1.31 bits per heavy atom. The first-order valence-corrected chi connectivity index (χ1v) is 5.59. The number of rotatable bonds is 3. The first-order chi connectivity index (χ1) is 5.87. The van der Waals surface area contributed by atoms with Gasteiger partial charge in [0.2, 0.25) is 0 Å². The van der Waals surface area contributed by atoms with Crippen LogP contribution in [0.1, 0.15) is 59.8 Å². The van der Waals surface area contributed by atoms with Crippen molar-refractivity contribution >= 4 is 0 Å². The van der Waals surface area contributed by atoms with E-state index in [2.05, 4.69) is 27.7 Å². The Labute approximate surface area is 82.5 Å². The fourth-order valence-electron chi connectivity index (χ4n) is 2.61. The predicted molar refractivity (Wildman–Crippen MR) is 56.7 cm³/mol. The van der Waals surface area contributed by atoms with E-state index < -0.39 is 0 Å². The van der Waals surface area contributed by atoms with Crippen LogP contribution in [-0.2, 0) is 0 Å². The molecule has 0 aliphatic heterocycles. The van der Waals surface area contributed by atoms with Crippen molar-refractivity contribution < 1.29 is 5.11 Å². The Morgan fingerprint density at radius 2 is 1.92 bits per heavy atom. The summed E-state index contributed by atoms with van der Waals surface area (Å²) < 4.78 is 0. The molecule has 13 heavy (non-hydrogen) atoms. The van der Waals surface area contributed by atoms with E-state index in [1.807, 2.05) is 0 Å². The van der Waals surface area contributed by atoms with Crippen LogP contribution in [0.3, 0.4) is 0 Å². The molecule has 2 unspecified atom stereocenters. The molecular weight excluding hydrogens is 160 g/mol. The molecule has 1 aliphatic rings. The van der Waals surface area contributed by atoms with E-state index in [9.17, 15) is 5.11 Å². The highest BCUT2D eigenvalue weighted by atomic mass is 16.3. The summed E-state index contributed by atoms with van der Waals surface area (Å²) in [6.45, 7) is 8.97. The number of hydrogen-bond acceptors (Lipinski definition) is 1. The summed E-state index contributed by atoms with van der Waals surface area (Å²) >= 11 is 0. The highest BCUT2D eigenvalue weighted by Gasteiger charge is 2.41. The maximum absolute atomic E-state index is 10.3. The molecule has 0 bridgehead atoms. The van der Waals surface area contributed by atoms with Crippen molar-refractivity contribution in [1.82, 2.24) is 0 Å². The van der Waals surface area contributed by atoms with Gasteiger partial charge in [0.25, 0.3) is 0 Å². The molecule has 0 amide bonds. The molecule has 1 rings (SSSR count). The SMILES string of the molecule is CCC(C)CC1(O)CCC(C)(C)C1. The Hall–Kier alpha value is -0.0400. The normalized spacial score (nSPS) is 34.8. The van der Waals surface area contributed by atoms with E-state index in [4.69, 9.17) is 0 Å². The maximum atomic E-state index is 10.3. The minimum atomic E-state index is -0.348. The summed E-state index contributed by atoms with van der Waals surface area (Å²) in [4.78, 5) is 0. The minimum absolute atomic E-state index is 0.348. The lowest BCUT2D eigenvalue weighted by Gasteiger charge is -2.27. The number of hydrogen-bond donors (Lipinski definition) is 1. The second-order valence-corrected chi connectivity index (χ2v) is 5.78. The Bertz CT molecular complexity index is 174. The lowest BCUT2D eigenvalue weighted by molar-refractivity contribution is 0.0148. The quantitative estimate of drug-likeness (QED) is 0.713. The average Bonchev–Trinajstić information content (AvgIpc) is 2.25. The van der Waals surface area contributed by atoms with Crippen LogP contribution in [0.15, 0.2) is 0 Å². The third-order valence-electron chi connectivity index (χ3n) is 3.50. The van der Waals surface area contributed by atoms with E-state index >= 15 is 0 Å². The van der Waals surface area contributed by atoms with E-state index in [-0.39, 0.29) is 5.60 Å². The smallest absolute Gasteiger partial charge is 0.0655 e. The molecule has 0 aromatic heterocycles. The third-order valence-corrected chi connectivity index (χ3v) is 3.50. The van der Waals surface area contributed by atoms with Gasteiger partial charge >= 0.3 is 0 Å². The molecule has 1 N–H and O–H groups in total. The van der Waals surface area contributed by atoms with Gasteiger partial charge in [-0.15, -0.1) is 0 Å². The Balaban J connectivity index is 2.50. The summed E-state index contributed by atoms with van der Waals surface area (Å²) in [5.41, 5.74) is 0.0150. The van der Waals surface area contributed by atoms with Gasteiger partial charge in [-0.25, -0.2) is 0 Å². The molecule has 1 heteroatoms. The third kappa shape index (κ3) is 2.98. The monoisotopic (exact) mass is 184 g/mol. The van der Waals surface area contributed by atoms with Gasteiger partial charge in [-0.05, 0) is 37.0 Å². The zero-order valence-corrected chi connectivity index (χ0v) is 9.56. The van der Waals surface area contributed by atoms with Crippen molar-refractivity contribution in [3.8, 4) is 0 Å². The molecule has 0 aromatic rings. The second kappa shape index (κ2) is 3.61. The second-order valence-electron chi connectivity index (χ2n) is 5.78. The van der Waals surface area contributed by atoms with Gasteiger partial charge in [0.05, 0.1) is 5.60 Å². The van der Waals surface area contributed by atoms with Crippen LogP contribution in [0.5, 0.6) is 0 Å². The first-order valence-electron chi connectivity index (χ1n) is 5.59. The molecule has 2 atom stereocenters. The highest BCUT2D eigenvalue weighted by Crippen LogP contribution is 2.46. The molecule has 78 valence electrons. The molecule has 1 fully saturated rings. The highest BCUT2D eigenvalue weighted by molar-refractivity contribution is 4.94. The zero-order chi connectivity index (χ0) is 10.1. The predicted octanol–water partition coefficient (Wildman–Crippen LogP) is 3.36. The van der Waals surface area contributed by atoms with E-state index in [0.29, 0.717) is 11.3 Å². The van der Waals surface area contributed by atoms with Crippen molar-refractivity contribution in [3.05, 3.63) is 0 Å². The maximum Gasteiger partial charge on any atom is 0.0655 e. The van der Waals surface area contributed by atoms with Crippen molar-refractivity contribution in [1.29, 1.82) is 0 Å². The van der Waals surface area contributed by atoms with Crippen LogP contribution in [0.25, 0.3) is 0 Å². The van der Waals surface area contributed by atoms with Gasteiger partial charge in [-0.2, -0.15) is 0 Å². The Kier molecular flexibility index (Phi) is 3.06. The lowest BCUT2D eigenvalue weighted by atomic mass is 9.84. The largest absolute Gasteiger partial charge is 0.390 e. The summed E-state index contributed by atoms with van der Waals surface area (Å²) in [5, 5.41) is 10.3. The number of aliphatic hydroxyl groups is 1. The van der Waals surface area contributed by atoms with Gasteiger partial charge in [0.15, 0.2) is 0 Å². The average molecular weight is 184 g/mol. The summed E-state index contributed by atoms with van der Waals surface area (Å²) in [7, 11) is 0. The minimum Gasteiger partial charge on any atom is -0.390 e. The molecule has 0 heterocycles. The lowest BCUT2D eigenvalue weighted by Crippen LogP contribution is -2.28. The van der Waals surface area contributed by atoms with Crippen molar-refractivity contribution in [3.63, 3.8) is 0 Å². The molecule has 0 aromatic carbocycles. The van der Waals surface area contributed by atoms with Crippen molar-refractivity contribution in [2.75, 3.05) is 0 Å². The molecule has 1 nitrogen and oxygen atoms in total. The van der Waals surface area contributed by atoms with E-state index in [0.717, 1.165) is 19.3 Å². The van der Waals surface area contributed by atoms with Crippen LogP contribution in [0.4, 0.5) is 0 Å². The fourth-order valence-corrected chi connectivity index (χ4v) is 2.61. The molecule has 0 radical (unpaired) electrons. The van der Waals surface area contributed by atoms with Crippen LogP contribution >= 0.6 is 0 Å². The van der Waals surface area contributed by atoms with Gasteiger partial charge < -0.3 is 5.11 Å². The van der Waals surface area contributed by atoms with Crippen LogP contribution < -0.4 is 0 Å². The van der Waals surface area contributed by atoms with Gasteiger partial charge in [0.1, 0.15) is 0 Å². The van der Waals surface area contributed by atoms with Crippen molar-refractivity contribution in [2.24, 2.45) is 11.3 Å². The first kappa shape index (κ1) is 11.0. The van der Waals surface area contributed by atoms with Gasteiger partial charge in [-0.3, -0.25) is 0 Å². The Morgan fingerprint density at radius 3 is 2.31 bits per heavy atom. The van der Waals surface area contributed by atoms with Crippen molar-refractivity contribution in [2.45, 2.75) is 65.4 Å². The van der Waals surface area contributed by atoms with E-state index in [1.165, 1.54) is 12.8 Å². The molecule has 1 aliphatic carbocycles. The van der Waals surface area contributed by atoms with Crippen LogP contribution in [-0.4, -0.2) is 10.7 Å². The topological polar surface area (TPSA) is 20.2 Å². The molecular formula is C12H24O. The fraction of sp³-hybridized carbons (Fsp3) is 1.00. The van der Waals surface area contributed by atoms with Crippen LogP contribution in [0, 0.1) is 11.3 Å². The summed E-state index contributed by atoms with van der Waals surface area (Å²) in [5.74, 6) is 0.666. The molecule has 0 spiro atoms. The summed E-state index contributed by atoms with van der Waals surface area (Å²) in [6, 6.07) is 0.